The fraction of sp³-hybridized carbons (Fsp3) is 0.400. The molecule has 23 heavy (non-hydrogen) atoms. The Morgan fingerprint density at radius 2 is 1.61 bits per heavy atom. The molecule has 2 aromatic rings. The average Bonchev–Trinajstić information content (AvgIpc) is 2.45. The number of anilines is 1. The molecule has 124 valence electrons. The van der Waals surface area contributed by atoms with Gasteiger partial charge in [-0.3, -0.25) is 0 Å². The zero-order valence-corrected chi connectivity index (χ0v) is 16.0. The Morgan fingerprint density at radius 3 is 2.22 bits per heavy atom. The third-order valence-electron chi connectivity index (χ3n) is 4.05. The number of aromatic hydroxyl groups is 1. The fourth-order valence-corrected chi connectivity index (χ4v) is 4.47. The number of phenols is 1. The third kappa shape index (κ3) is 4.06. The van der Waals surface area contributed by atoms with Crippen molar-refractivity contribution in [3.05, 3.63) is 47.5 Å². The summed E-state index contributed by atoms with van der Waals surface area (Å²) in [5, 5.41) is 12.6. The number of hydrogen-bond donors (Lipinski definition) is 1. The highest BCUT2D eigenvalue weighted by atomic mass is 31.1. The summed E-state index contributed by atoms with van der Waals surface area (Å²) in [6.45, 7) is 13.2. The van der Waals surface area contributed by atoms with Crippen molar-refractivity contribution < 1.29 is 5.11 Å². The van der Waals surface area contributed by atoms with Crippen molar-refractivity contribution in [2.75, 3.05) is 4.90 Å². The number of rotatable bonds is 5. The van der Waals surface area contributed by atoms with Crippen molar-refractivity contribution >= 4 is 24.9 Å². The fourth-order valence-electron chi connectivity index (χ4n) is 3.07. The zero-order valence-electron chi connectivity index (χ0n) is 15.0. The monoisotopic (exact) mass is 329 g/mol. The van der Waals surface area contributed by atoms with Gasteiger partial charge in [0.15, 0.2) is 0 Å². The standard InChI is InChI=1S/C20H28NOP/c1-13(2)21(14(3)4)17-9-7-8-16(6)20(17)23-19-12-15(5)10-11-18(19)22/h7-14,22-23H,1-6H3. The predicted octanol–water partition coefficient (Wildman–Crippen LogP) is 4.26. The van der Waals surface area contributed by atoms with E-state index in [1.54, 1.807) is 6.07 Å². The molecule has 0 bridgehead atoms. The summed E-state index contributed by atoms with van der Waals surface area (Å²) >= 11 is 0. The molecule has 1 atom stereocenters. The van der Waals surface area contributed by atoms with E-state index < -0.39 is 0 Å². The minimum Gasteiger partial charge on any atom is -0.507 e. The summed E-state index contributed by atoms with van der Waals surface area (Å²) in [4.78, 5) is 2.46. The maximum absolute atomic E-state index is 10.2. The van der Waals surface area contributed by atoms with E-state index in [9.17, 15) is 5.11 Å². The lowest BCUT2D eigenvalue weighted by Gasteiger charge is -2.35. The van der Waals surface area contributed by atoms with Crippen molar-refractivity contribution in [2.45, 2.75) is 53.6 Å². The molecular formula is C20H28NOP. The summed E-state index contributed by atoms with van der Waals surface area (Å²) in [5.74, 6) is 0.392. The highest BCUT2D eigenvalue weighted by Crippen LogP contribution is 2.28. The van der Waals surface area contributed by atoms with Crippen LogP contribution in [0.15, 0.2) is 36.4 Å². The normalized spacial score (nSPS) is 11.8. The summed E-state index contributed by atoms with van der Waals surface area (Å²) in [5.41, 5.74) is 3.76. The van der Waals surface area contributed by atoms with Crippen molar-refractivity contribution in [3.63, 3.8) is 0 Å². The van der Waals surface area contributed by atoms with E-state index in [1.807, 2.05) is 6.07 Å². The molecule has 0 spiro atoms. The van der Waals surface area contributed by atoms with E-state index in [-0.39, 0.29) is 0 Å². The first-order chi connectivity index (χ1) is 10.8. The highest BCUT2D eigenvalue weighted by molar-refractivity contribution is 7.56. The van der Waals surface area contributed by atoms with Gasteiger partial charge in [0.05, 0.1) is 0 Å². The van der Waals surface area contributed by atoms with Gasteiger partial charge in [0.1, 0.15) is 5.75 Å². The van der Waals surface area contributed by atoms with Crippen molar-refractivity contribution in [1.82, 2.24) is 0 Å². The Hall–Kier alpha value is -1.53. The molecule has 0 saturated carbocycles. The largest absolute Gasteiger partial charge is 0.507 e. The van der Waals surface area contributed by atoms with Crippen LogP contribution in [-0.4, -0.2) is 17.2 Å². The molecule has 0 radical (unpaired) electrons. The lowest BCUT2D eigenvalue weighted by atomic mass is 10.1. The molecule has 0 fully saturated rings. The van der Waals surface area contributed by atoms with Gasteiger partial charge in [-0.1, -0.05) is 32.3 Å². The first-order valence-corrected chi connectivity index (χ1v) is 9.26. The minimum absolute atomic E-state index is 0.392. The Kier molecular flexibility index (Phi) is 5.70. The second-order valence-corrected chi connectivity index (χ2v) is 8.00. The number of hydrogen-bond acceptors (Lipinski definition) is 2. The van der Waals surface area contributed by atoms with Gasteiger partial charge in [-0.2, -0.15) is 0 Å². The molecule has 3 heteroatoms. The zero-order chi connectivity index (χ0) is 17.1. The predicted molar refractivity (Wildman–Crippen MR) is 104 cm³/mol. The molecule has 0 aromatic heterocycles. The van der Waals surface area contributed by atoms with Gasteiger partial charge in [0, 0.05) is 28.4 Å². The first-order valence-electron chi connectivity index (χ1n) is 8.26. The lowest BCUT2D eigenvalue weighted by Crippen LogP contribution is -2.39. The van der Waals surface area contributed by atoms with Crippen molar-refractivity contribution in [3.8, 4) is 5.75 Å². The van der Waals surface area contributed by atoms with E-state index in [1.165, 1.54) is 22.1 Å². The smallest absolute Gasteiger partial charge is 0.123 e. The second-order valence-electron chi connectivity index (χ2n) is 6.71. The van der Waals surface area contributed by atoms with Crippen LogP contribution in [0.3, 0.4) is 0 Å². The van der Waals surface area contributed by atoms with Crippen LogP contribution in [0.25, 0.3) is 0 Å². The Morgan fingerprint density at radius 1 is 0.957 bits per heavy atom. The molecule has 2 nitrogen and oxygen atoms in total. The molecule has 2 aromatic carbocycles. The number of nitrogens with zero attached hydrogens (tertiary/aromatic N) is 1. The summed E-state index contributed by atoms with van der Waals surface area (Å²) < 4.78 is 0. The van der Waals surface area contributed by atoms with E-state index >= 15 is 0 Å². The van der Waals surface area contributed by atoms with Gasteiger partial charge >= 0.3 is 0 Å². The van der Waals surface area contributed by atoms with Crippen LogP contribution in [0.4, 0.5) is 5.69 Å². The molecule has 0 aliphatic heterocycles. The Bertz CT molecular complexity index is 671. The maximum Gasteiger partial charge on any atom is 0.123 e. The number of benzene rings is 2. The van der Waals surface area contributed by atoms with Crippen LogP contribution in [0.5, 0.6) is 5.75 Å². The summed E-state index contributed by atoms with van der Waals surface area (Å²) in [7, 11) is 0.456. The molecule has 0 saturated heterocycles. The lowest BCUT2D eigenvalue weighted by molar-refractivity contribution is 0.479. The molecule has 0 heterocycles. The van der Waals surface area contributed by atoms with E-state index in [0.29, 0.717) is 26.4 Å². The Balaban J connectivity index is 2.52. The summed E-state index contributed by atoms with van der Waals surface area (Å²) in [6.07, 6.45) is 0. The quantitative estimate of drug-likeness (QED) is 0.829. The van der Waals surface area contributed by atoms with Gasteiger partial charge in [0.2, 0.25) is 0 Å². The van der Waals surface area contributed by atoms with Crippen LogP contribution in [0, 0.1) is 13.8 Å². The van der Waals surface area contributed by atoms with Crippen LogP contribution in [0.1, 0.15) is 38.8 Å². The topological polar surface area (TPSA) is 23.5 Å². The third-order valence-corrected chi connectivity index (χ3v) is 5.62. The van der Waals surface area contributed by atoms with Crippen LogP contribution >= 0.6 is 8.58 Å². The van der Waals surface area contributed by atoms with Crippen LogP contribution in [-0.2, 0) is 0 Å². The van der Waals surface area contributed by atoms with Crippen molar-refractivity contribution in [1.29, 1.82) is 0 Å². The number of phenolic OH excluding ortho intramolecular Hbond substituents is 1. The van der Waals surface area contributed by atoms with Crippen LogP contribution < -0.4 is 15.5 Å². The number of aryl methyl sites for hydroxylation is 2. The second kappa shape index (κ2) is 7.36. The average molecular weight is 329 g/mol. The van der Waals surface area contributed by atoms with E-state index in [4.69, 9.17) is 0 Å². The van der Waals surface area contributed by atoms with Gasteiger partial charge < -0.3 is 10.0 Å². The minimum atomic E-state index is 0.392. The van der Waals surface area contributed by atoms with Gasteiger partial charge in [-0.05, 0) is 65.3 Å². The van der Waals surface area contributed by atoms with Gasteiger partial charge in [-0.25, -0.2) is 0 Å². The highest BCUT2D eigenvalue weighted by Gasteiger charge is 2.19. The summed E-state index contributed by atoms with van der Waals surface area (Å²) in [6, 6.07) is 13.2. The van der Waals surface area contributed by atoms with Crippen LogP contribution in [0.2, 0.25) is 0 Å². The maximum atomic E-state index is 10.2. The molecule has 0 aliphatic carbocycles. The van der Waals surface area contributed by atoms with E-state index in [2.05, 4.69) is 70.7 Å². The van der Waals surface area contributed by atoms with Gasteiger partial charge in [-0.15, -0.1) is 0 Å². The van der Waals surface area contributed by atoms with E-state index in [0.717, 1.165) is 5.30 Å². The first kappa shape index (κ1) is 17.8. The molecule has 1 N–H and O–H groups in total. The van der Waals surface area contributed by atoms with Crippen molar-refractivity contribution in [2.24, 2.45) is 0 Å². The SMILES string of the molecule is Cc1ccc(O)c(Pc2c(C)cccc2N(C(C)C)C(C)C)c1. The molecule has 0 amide bonds. The Labute approximate surface area is 142 Å². The molecule has 1 unspecified atom stereocenters. The molecule has 2 rings (SSSR count). The molecular weight excluding hydrogens is 301 g/mol. The molecule has 0 aliphatic rings. The van der Waals surface area contributed by atoms with Gasteiger partial charge in [0.25, 0.3) is 0 Å².